The Hall–Kier alpha value is -2.11. The number of hydrogen-bond donors (Lipinski definition) is 1. The number of carboxylic acids is 1. The number of nitro groups is 1. The molecule has 6 heteroatoms. The zero-order valence-electron chi connectivity index (χ0n) is 7.54. The molecular formula is C9H7NO5. The van der Waals surface area contributed by atoms with Gasteiger partial charge in [-0.15, -0.1) is 0 Å². The summed E-state index contributed by atoms with van der Waals surface area (Å²) in [5.74, 6) is -0.651. The van der Waals surface area contributed by atoms with Crippen LogP contribution >= 0.6 is 0 Å². The quantitative estimate of drug-likeness (QED) is 0.579. The van der Waals surface area contributed by atoms with Gasteiger partial charge in [-0.25, -0.2) is 4.79 Å². The lowest BCUT2D eigenvalue weighted by molar-refractivity contribution is -0.384. The van der Waals surface area contributed by atoms with Gasteiger partial charge in [0.2, 0.25) is 0 Å². The monoisotopic (exact) mass is 209 g/mol. The third-order valence-electron chi connectivity index (χ3n) is 2.20. The van der Waals surface area contributed by atoms with Gasteiger partial charge in [-0.3, -0.25) is 10.1 Å². The summed E-state index contributed by atoms with van der Waals surface area (Å²) in [4.78, 5) is 20.6. The van der Waals surface area contributed by atoms with Crippen molar-refractivity contribution in [3.63, 3.8) is 0 Å². The van der Waals surface area contributed by atoms with E-state index < -0.39 is 17.0 Å². The molecule has 1 heterocycles. The van der Waals surface area contributed by atoms with Crippen LogP contribution in [0.1, 0.15) is 5.56 Å². The van der Waals surface area contributed by atoms with Crippen molar-refractivity contribution in [3.05, 3.63) is 33.9 Å². The average molecular weight is 209 g/mol. The van der Waals surface area contributed by atoms with E-state index in [1.807, 2.05) is 0 Å². The molecule has 0 amide bonds. The highest BCUT2D eigenvalue weighted by Gasteiger charge is 2.29. The van der Waals surface area contributed by atoms with Crippen LogP contribution in [0.15, 0.2) is 18.2 Å². The average Bonchev–Trinajstić information content (AvgIpc) is 2.59. The second kappa shape index (κ2) is 3.23. The van der Waals surface area contributed by atoms with E-state index in [0.29, 0.717) is 11.3 Å². The number of carboxylic acid groups (broad SMARTS) is 1. The van der Waals surface area contributed by atoms with Crippen LogP contribution in [0, 0.1) is 10.1 Å². The number of hydrogen-bond acceptors (Lipinski definition) is 4. The number of nitrogens with zero attached hydrogens (tertiary/aromatic N) is 1. The summed E-state index contributed by atoms with van der Waals surface area (Å²) >= 11 is 0. The highest BCUT2D eigenvalue weighted by molar-refractivity contribution is 5.74. The lowest BCUT2D eigenvalue weighted by atomic mass is 10.1. The molecule has 0 saturated heterocycles. The van der Waals surface area contributed by atoms with Crippen molar-refractivity contribution >= 4 is 11.7 Å². The largest absolute Gasteiger partial charge is 0.478 e. The minimum Gasteiger partial charge on any atom is -0.478 e. The molecule has 1 unspecified atom stereocenters. The van der Waals surface area contributed by atoms with Crippen molar-refractivity contribution in [2.75, 3.05) is 0 Å². The fourth-order valence-electron chi connectivity index (χ4n) is 1.49. The molecule has 0 radical (unpaired) electrons. The second-order valence-electron chi connectivity index (χ2n) is 3.20. The maximum absolute atomic E-state index is 10.6. The zero-order chi connectivity index (χ0) is 11.0. The molecule has 1 aliphatic heterocycles. The van der Waals surface area contributed by atoms with E-state index in [1.165, 1.54) is 18.2 Å². The van der Waals surface area contributed by atoms with Gasteiger partial charge in [-0.1, -0.05) is 0 Å². The van der Waals surface area contributed by atoms with Gasteiger partial charge in [-0.2, -0.15) is 0 Å². The molecule has 0 aliphatic carbocycles. The number of fused-ring (bicyclic) bond motifs is 1. The maximum Gasteiger partial charge on any atom is 0.345 e. The fourth-order valence-corrected chi connectivity index (χ4v) is 1.49. The van der Waals surface area contributed by atoms with Gasteiger partial charge >= 0.3 is 5.97 Å². The van der Waals surface area contributed by atoms with E-state index in [-0.39, 0.29) is 12.1 Å². The van der Waals surface area contributed by atoms with E-state index in [9.17, 15) is 14.9 Å². The lowest BCUT2D eigenvalue weighted by Gasteiger charge is -2.02. The molecule has 0 saturated carbocycles. The molecule has 1 aromatic carbocycles. The van der Waals surface area contributed by atoms with Gasteiger partial charge in [0.05, 0.1) is 4.92 Å². The SMILES string of the molecule is O=C(O)C1Cc2cc([N+](=O)[O-])ccc2O1. The number of benzene rings is 1. The molecule has 15 heavy (non-hydrogen) atoms. The topological polar surface area (TPSA) is 89.7 Å². The predicted molar refractivity (Wildman–Crippen MR) is 48.9 cm³/mol. The van der Waals surface area contributed by atoms with Crippen LogP contribution in [-0.4, -0.2) is 22.1 Å². The number of rotatable bonds is 2. The van der Waals surface area contributed by atoms with Crippen LogP contribution in [-0.2, 0) is 11.2 Å². The minimum absolute atomic E-state index is 0.0524. The van der Waals surface area contributed by atoms with Crippen molar-refractivity contribution in [1.29, 1.82) is 0 Å². The Bertz CT molecular complexity index is 442. The van der Waals surface area contributed by atoms with Gasteiger partial charge in [0, 0.05) is 24.1 Å². The molecule has 78 valence electrons. The Morgan fingerprint density at radius 3 is 2.93 bits per heavy atom. The first-order chi connectivity index (χ1) is 7.08. The Morgan fingerprint density at radius 2 is 2.33 bits per heavy atom. The van der Waals surface area contributed by atoms with E-state index >= 15 is 0 Å². The van der Waals surface area contributed by atoms with E-state index in [2.05, 4.69) is 0 Å². The lowest BCUT2D eigenvalue weighted by Crippen LogP contribution is -2.24. The Morgan fingerprint density at radius 1 is 1.60 bits per heavy atom. The van der Waals surface area contributed by atoms with Gasteiger partial charge in [0.15, 0.2) is 6.10 Å². The van der Waals surface area contributed by atoms with E-state index in [1.54, 1.807) is 0 Å². The van der Waals surface area contributed by atoms with Crippen molar-refractivity contribution in [1.82, 2.24) is 0 Å². The first-order valence-electron chi connectivity index (χ1n) is 4.24. The van der Waals surface area contributed by atoms with Gasteiger partial charge in [0.25, 0.3) is 5.69 Å². The summed E-state index contributed by atoms with van der Waals surface area (Å²) in [6.07, 6.45) is -0.756. The molecule has 0 fully saturated rings. The number of aliphatic carboxylic acids is 1. The molecule has 0 spiro atoms. The maximum atomic E-state index is 10.6. The van der Waals surface area contributed by atoms with Gasteiger partial charge in [0.1, 0.15) is 5.75 Å². The first kappa shape index (κ1) is 9.45. The van der Waals surface area contributed by atoms with Crippen molar-refractivity contribution < 1.29 is 19.6 Å². The standard InChI is InChI=1S/C9H7NO5/c11-9(12)8-4-5-3-6(10(13)14)1-2-7(5)15-8/h1-3,8H,4H2,(H,11,12). The fraction of sp³-hybridized carbons (Fsp3) is 0.222. The second-order valence-corrected chi connectivity index (χ2v) is 3.20. The van der Waals surface area contributed by atoms with E-state index in [4.69, 9.17) is 9.84 Å². The molecule has 0 aromatic heterocycles. The molecular weight excluding hydrogens is 202 g/mol. The number of carbonyl (C=O) groups is 1. The van der Waals surface area contributed by atoms with Crippen LogP contribution in [0.5, 0.6) is 5.75 Å². The number of nitro benzene ring substituents is 1. The van der Waals surface area contributed by atoms with Gasteiger partial charge in [-0.05, 0) is 6.07 Å². The van der Waals surface area contributed by atoms with Crippen molar-refractivity contribution in [2.24, 2.45) is 0 Å². The van der Waals surface area contributed by atoms with Crippen molar-refractivity contribution in [3.8, 4) is 5.75 Å². The van der Waals surface area contributed by atoms with Crippen LogP contribution in [0.4, 0.5) is 5.69 Å². The molecule has 0 bridgehead atoms. The van der Waals surface area contributed by atoms with Crippen LogP contribution in [0.3, 0.4) is 0 Å². The summed E-state index contributed by atoms with van der Waals surface area (Å²) < 4.78 is 5.08. The highest BCUT2D eigenvalue weighted by atomic mass is 16.6. The number of non-ortho nitro benzene ring substituents is 1. The Kier molecular flexibility index (Phi) is 2.03. The van der Waals surface area contributed by atoms with Crippen LogP contribution in [0.25, 0.3) is 0 Å². The molecule has 2 rings (SSSR count). The van der Waals surface area contributed by atoms with Crippen LogP contribution in [0.2, 0.25) is 0 Å². The Balaban J connectivity index is 2.31. The summed E-state index contributed by atoms with van der Waals surface area (Å²) in [7, 11) is 0. The molecule has 1 aliphatic rings. The summed E-state index contributed by atoms with van der Waals surface area (Å²) in [6.45, 7) is 0. The molecule has 1 N–H and O–H groups in total. The molecule has 1 aromatic rings. The van der Waals surface area contributed by atoms with E-state index in [0.717, 1.165) is 0 Å². The highest BCUT2D eigenvalue weighted by Crippen LogP contribution is 2.31. The van der Waals surface area contributed by atoms with Crippen molar-refractivity contribution in [2.45, 2.75) is 12.5 Å². The molecule has 1 atom stereocenters. The normalized spacial score (nSPS) is 18.0. The van der Waals surface area contributed by atoms with Crippen LogP contribution < -0.4 is 4.74 Å². The van der Waals surface area contributed by atoms with Gasteiger partial charge < -0.3 is 9.84 Å². The first-order valence-corrected chi connectivity index (χ1v) is 4.24. The summed E-state index contributed by atoms with van der Waals surface area (Å²) in [5.41, 5.74) is 0.514. The zero-order valence-corrected chi connectivity index (χ0v) is 7.54. The predicted octanol–water partition coefficient (Wildman–Crippen LogP) is 0.983. The third kappa shape index (κ3) is 1.61. The summed E-state index contributed by atoms with van der Waals surface area (Å²) in [5, 5.41) is 19.2. The number of ether oxygens (including phenoxy) is 1. The summed E-state index contributed by atoms with van der Waals surface area (Å²) in [6, 6.07) is 4.07. The Labute approximate surface area is 84.2 Å². The minimum atomic E-state index is -1.06. The molecule has 6 nitrogen and oxygen atoms in total. The smallest absolute Gasteiger partial charge is 0.345 e. The third-order valence-corrected chi connectivity index (χ3v) is 2.20.